The number of fused-ring (bicyclic) bond motifs is 1. The topological polar surface area (TPSA) is 55.0 Å². The Balaban J connectivity index is 1.96. The summed E-state index contributed by atoms with van der Waals surface area (Å²) in [6.45, 7) is 0.746. The molecule has 0 aromatic carbocycles. The van der Waals surface area contributed by atoms with E-state index in [1.807, 2.05) is 11.8 Å². The summed E-state index contributed by atoms with van der Waals surface area (Å²) in [5.74, 6) is 2.64. The van der Waals surface area contributed by atoms with E-state index in [0.717, 1.165) is 54.5 Å². The van der Waals surface area contributed by atoms with Gasteiger partial charge in [0, 0.05) is 17.1 Å². The van der Waals surface area contributed by atoms with E-state index >= 15 is 0 Å². The van der Waals surface area contributed by atoms with Crippen molar-refractivity contribution in [2.45, 2.75) is 25.4 Å². The van der Waals surface area contributed by atoms with Crippen molar-refractivity contribution < 1.29 is 4.74 Å². The second kappa shape index (κ2) is 4.22. The maximum absolute atomic E-state index is 11.8. The van der Waals surface area contributed by atoms with Crippen LogP contribution in [0.3, 0.4) is 0 Å². The van der Waals surface area contributed by atoms with Gasteiger partial charge in [0.25, 0.3) is 5.56 Å². The summed E-state index contributed by atoms with van der Waals surface area (Å²) in [6, 6.07) is 0. The Labute approximate surface area is 97.8 Å². The zero-order valence-corrected chi connectivity index (χ0v) is 9.81. The molecule has 2 aliphatic rings. The highest BCUT2D eigenvalue weighted by molar-refractivity contribution is 7.99. The molecule has 0 radical (unpaired) electrons. The molecule has 0 amide bonds. The Kier molecular flexibility index (Phi) is 2.73. The van der Waals surface area contributed by atoms with E-state index in [1.54, 1.807) is 0 Å². The van der Waals surface area contributed by atoms with Crippen molar-refractivity contribution in [2.75, 3.05) is 18.1 Å². The lowest BCUT2D eigenvalue weighted by Gasteiger charge is -2.21. The lowest BCUT2D eigenvalue weighted by molar-refractivity contribution is 0.0691. The molecule has 1 aliphatic carbocycles. The van der Waals surface area contributed by atoms with E-state index in [4.69, 9.17) is 4.74 Å². The van der Waals surface area contributed by atoms with E-state index in [1.165, 1.54) is 0 Å². The molecular formula is C11H14N2O2S. The third-order valence-electron chi connectivity index (χ3n) is 3.08. The number of hydrogen-bond donors (Lipinski definition) is 1. The van der Waals surface area contributed by atoms with Crippen LogP contribution in [0.4, 0.5) is 0 Å². The molecular weight excluding hydrogens is 224 g/mol. The highest BCUT2D eigenvalue weighted by Crippen LogP contribution is 2.25. The first-order valence-corrected chi connectivity index (χ1v) is 6.81. The number of aromatic amines is 1. The molecule has 4 nitrogen and oxygen atoms in total. The maximum atomic E-state index is 11.8. The SMILES string of the molecule is O=c1[nH]c(C2CSCCO2)nc2c1CCC2. The molecule has 3 rings (SSSR count). The van der Waals surface area contributed by atoms with E-state index in [0.29, 0.717) is 0 Å². The molecule has 86 valence electrons. The van der Waals surface area contributed by atoms with Crippen molar-refractivity contribution in [2.24, 2.45) is 0 Å². The van der Waals surface area contributed by atoms with Gasteiger partial charge in [0.15, 0.2) is 0 Å². The molecule has 1 saturated heterocycles. The number of aryl methyl sites for hydroxylation is 1. The Morgan fingerprint density at radius 3 is 3.19 bits per heavy atom. The Hall–Kier alpha value is -0.810. The highest BCUT2D eigenvalue weighted by atomic mass is 32.2. The summed E-state index contributed by atoms with van der Waals surface area (Å²) in [7, 11) is 0. The molecule has 0 bridgehead atoms. The molecule has 1 fully saturated rings. The number of aromatic nitrogens is 2. The molecule has 1 aliphatic heterocycles. The minimum absolute atomic E-state index is 0.0302. The van der Waals surface area contributed by atoms with Crippen LogP contribution < -0.4 is 5.56 Å². The number of H-pyrrole nitrogens is 1. The summed E-state index contributed by atoms with van der Waals surface area (Å²) < 4.78 is 5.63. The first-order chi connectivity index (χ1) is 7.84. The first-order valence-electron chi connectivity index (χ1n) is 5.66. The molecule has 1 atom stereocenters. The minimum atomic E-state index is -0.0302. The van der Waals surface area contributed by atoms with Crippen molar-refractivity contribution in [3.8, 4) is 0 Å². The van der Waals surface area contributed by atoms with Crippen molar-refractivity contribution in [1.29, 1.82) is 0 Å². The summed E-state index contributed by atoms with van der Waals surface area (Å²) in [5, 5.41) is 0. The minimum Gasteiger partial charge on any atom is -0.369 e. The number of thioether (sulfide) groups is 1. The predicted octanol–water partition coefficient (Wildman–Crippen LogP) is 1.06. The molecule has 5 heteroatoms. The van der Waals surface area contributed by atoms with E-state index in [-0.39, 0.29) is 11.7 Å². The van der Waals surface area contributed by atoms with Gasteiger partial charge in [-0.3, -0.25) is 4.79 Å². The highest BCUT2D eigenvalue weighted by Gasteiger charge is 2.23. The van der Waals surface area contributed by atoms with Crippen LogP contribution in [0.1, 0.15) is 29.6 Å². The molecule has 1 unspecified atom stereocenters. The van der Waals surface area contributed by atoms with E-state index in [9.17, 15) is 4.79 Å². The standard InChI is InChI=1S/C11H14N2O2S/c14-11-7-2-1-3-8(7)12-10(13-11)9-6-16-5-4-15-9/h9H,1-6H2,(H,12,13,14). The van der Waals surface area contributed by atoms with Gasteiger partial charge in [-0.05, 0) is 19.3 Å². The quantitative estimate of drug-likeness (QED) is 0.795. The molecule has 0 saturated carbocycles. The van der Waals surface area contributed by atoms with Gasteiger partial charge in [-0.2, -0.15) is 11.8 Å². The van der Waals surface area contributed by atoms with Gasteiger partial charge in [0.05, 0.1) is 12.3 Å². The lowest BCUT2D eigenvalue weighted by Crippen LogP contribution is -2.24. The third-order valence-corrected chi connectivity index (χ3v) is 4.07. The van der Waals surface area contributed by atoms with E-state index in [2.05, 4.69) is 9.97 Å². The predicted molar refractivity (Wildman–Crippen MR) is 62.9 cm³/mol. The van der Waals surface area contributed by atoms with Gasteiger partial charge in [0.1, 0.15) is 11.9 Å². The summed E-state index contributed by atoms with van der Waals surface area (Å²) in [6.07, 6.45) is 2.83. The summed E-state index contributed by atoms with van der Waals surface area (Å²) in [5.41, 5.74) is 1.90. The smallest absolute Gasteiger partial charge is 0.254 e. The summed E-state index contributed by atoms with van der Waals surface area (Å²) >= 11 is 1.85. The van der Waals surface area contributed by atoms with Gasteiger partial charge >= 0.3 is 0 Å². The Morgan fingerprint density at radius 2 is 2.38 bits per heavy atom. The van der Waals surface area contributed by atoms with Crippen LogP contribution in [0.5, 0.6) is 0 Å². The number of nitrogens with zero attached hydrogens (tertiary/aromatic N) is 1. The Morgan fingerprint density at radius 1 is 1.44 bits per heavy atom. The number of rotatable bonds is 1. The average Bonchev–Trinajstić information content (AvgIpc) is 2.79. The molecule has 1 N–H and O–H groups in total. The van der Waals surface area contributed by atoms with Gasteiger partial charge in [-0.15, -0.1) is 0 Å². The number of nitrogens with one attached hydrogen (secondary N) is 1. The van der Waals surface area contributed by atoms with Crippen molar-refractivity contribution >= 4 is 11.8 Å². The largest absolute Gasteiger partial charge is 0.369 e. The fourth-order valence-electron chi connectivity index (χ4n) is 2.26. The van der Waals surface area contributed by atoms with Crippen LogP contribution in [0, 0.1) is 0 Å². The van der Waals surface area contributed by atoms with Gasteiger partial charge in [-0.25, -0.2) is 4.98 Å². The van der Waals surface area contributed by atoms with Gasteiger partial charge < -0.3 is 9.72 Å². The normalized spacial score (nSPS) is 24.4. The third kappa shape index (κ3) is 1.78. The van der Waals surface area contributed by atoms with Crippen LogP contribution >= 0.6 is 11.8 Å². The van der Waals surface area contributed by atoms with Crippen molar-refractivity contribution in [1.82, 2.24) is 9.97 Å². The van der Waals surface area contributed by atoms with Crippen LogP contribution in [0.15, 0.2) is 4.79 Å². The molecule has 0 spiro atoms. The molecule has 1 aromatic heterocycles. The van der Waals surface area contributed by atoms with Crippen molar-refractivity contribution in [3.05, 3.63) is 27.4 Å². The number of hydrogen-bond acceptors (Lipinski definition) is 4. The zero-order valence-electron chi connectivity index (χ0n) is 8.99. The monoisotopic (exact) mass is 238 g/mol. The van der Waals surface area contributed by atoms with Crippen molar-refractivity contribution in [3.63, 3.8) is 0 Å². The number of ether oxygens (including phenoxy) is 1. The second-order valence-corrected chi connectivity index (χ2v) is 5.31. The molecule has 16 heavy (non-hydrogen) atoms. The molecule has 1 aromatic rings. The average molecular weight is 238 g/mol. The zero-order chi connectivity index (χ0) is 11.0. The fourth-order valence-corrected chi connectivity index (χ4v) is 3.11. The van der Waals surface area contributed by atoms with Crippen LogP contribution in [-0.4, -0.2) is 28.1 Å². The fraction of sp³-hybridized carbons (Fsp3) is 0.636. The second-order valence-electron chi connectivity index (χ2n) is 4.16. The van der Waals surface area contributed by atoms with Crippen LogP contribution in [0.25, 0.3) is 0 Å². The summed E-state index contributed by atoms with van der Waals surface area (Å²) in [4.78, 5) is 19.2. The van der Waals surface area contributed by atoms with Crippen LogP contribution in [-0.2, 0) is 17.6 Å². The Bertz CT molecular complexity index is 452. The molecule has 2 heterocycles. The lowest BCUT2D eigenvalue weighted by atomic mass is 10.2. The van der Waals surface area contributed by atoms with Crippen LogP contribution in [0.2, 0.25) is 0 Å². The van der Waals surface area contributed by atoms with Gasteiger partial charge in [-0.1, -0.05) is 0 Å². The van der Waals surface area contributed by atoms with E-state index < -0.39 is 0 Å². The first kappa shape index (κ1) is 10.4. The maximum Gasteiger partial charge on any atom is 0.254 e. The van der Waals surface area contributed by atoms with Gasteiger partial charge in [0.2, 0.25) is 0 Å².